The van der Waals surface area contributed by atoms with E-state index in [4.69, 9.17) is 11.6 Å². The molecule has 1 aliphatic rings. The van der Waals surface area contributed by atoms with E-state index in [0.717, 1.165) is 16.3 Å². The maximum atomic E-state index is 14.1. The van der Waals surface area contributed by atoms with Crippen molar-refractivity contribution in [3.63, 3.8) is 0 Å². The molecule has 1 fully saturated rings. The SMILES string of the molecule is C=CC(=O)N1CC(Cn2c(=O)c(=O)n(-c3c(C)ccnc3C(C)C)c3cc(-c4cc(O)cc5ccccc45)c(Cl)cc32)C1. The second-order valence-electron chi connectivity index (χ2n) is 11.4. The number of carbonyl (C=O) groups excluding carboxylic acids is 1. The van der Waals surface area contributed by atoms with Crippen LogP contribution in [0.3, 0.4) is 0 Å². The number of aryl methyl sites for hydroxylation is 1. The van der Waals surface area contributed by atoms with Crippen LogP contribution >= 0.6 is 11.6 Å². The van der Waals surface area contributed by atoms with Gasteiger partial charge < -0.3 is 14.6 Å². The zero-order chi connectivity index (χ0) is 30.6. The van der Waals surface area contributed by atoms with Crippen molar-refractivity contribution in [1.82, 2.24) is 19.0 Å². The molecule has 1 amide bonds. The molecule has 0 radical (unpaired) electrons. The Morgan fingerprint density at radius 1 is 1.07 bits per heavy atom. The fraction of sp³-hybridized carbons (Fsp3) is 0.235. The zero-order valence-corrected chi connectivity index (χ0v) is 24.9. The Balaban J connectivity index is 1.66. The Morgan fingerprint density at radius 3 is 2.53 bits per heavy atom. The molecular weight excluding hydrogens is 564 g/mol. The fourth-order valence-corrected chi connectivity index (χ4v) is 6.30. The van der Waals surface area contributed by atoms with E-state index in [2.05, 4.69) is 11.6 Å². The molecule has 0 spiro atoms. The number of phenolic OH excluding ortho intramolecular Hbond substituents is 1. The largest absolute Gasteiger partial charge is 0.508 e. The van der Waals surface area contributed by atoms with Crippen LogP contribution in [0.1, 0.15) is 31.0 Å². The third kappa shape index (κ3) is 4.81. The molecule has 0 bridgehead atoms. The first-order valence-electron chi connectivity index (χ1n) is 14.2. The van der Waals surface area contributed by atoms with Gasteiger partial charge in [0.2, 0.25) is 5.91 Å². The summed E-state index contributed by atoms with van der Waals surface area (Å²) in [6, 6.07) is 16.4. The van der Waals surface area contributed by atoms with E-state index in [1.54, 1.807) is 29.3 Å². The number of pyridine rings is 1. The molecule has 218 valence electrons. The molecule has 6 rings (SSSR count). The molecule has 1 N–H and O–H groups in total. The predicted octanol–water partition coefficient (Wildman–Crippen LogP) is 5.80. The summed E-state index contributed by atoms with van der Waals surface area (Å²) in [6.07, 6.45) is 2.98. The number of fused-ring (bicyclic) bond motifs is 2. The number of aromatic nitrogens is 3. The average Bonchev–Trinajstić information content (AvgIpc) is 2.96. The maximum Gasteiger partial charge on any atom is 0.321 e. The van der Waals surface area contributed by atoms with Gasteiger partial charge in [0, 0.05) is 37.3 Å². The summed E-state index contributed by atoms with van der Waals surface area (Å²) in [5.74, 6) is -0.117. The van der Waals surface area contributed by atoms with Gasteiger partial charge in [-0.2, -0.15) is 0 Å². The Labute approximate surface area is 253 Å². The smallest absolute Gasteiger partial charge is 0.321 e. The molecule has 43 heavy (non-hydrogen) atoms. The van der Waals surface area contributed by atoms with Gasteiger partial charge in [0.25, 0.3) is 0 Å². The standard InChI is InChI=1S/C34H31ClN4O4/c1-5-30(41)37-16-21(17-37)18-38-28-15-27(35)26(25-13-23(40)12-22-8-6-7-9-24(22)25)14-29(28)39(34(43)33(38)42)32-20(4)10-11-36-31(32)19(2)3/h5-15,19,21,40H,1,16-18H2,2-4H3. The van der Waals surface area contributed by atoms with Gasteiger partial charge in [-0.3, -0.25) is 23.9 Å². The number of rotatable bonds is 6. The van der Waals surface area contributed by atoms with Crippen LogP contribution in [0, 0.1) is 12.8 Å². The molecule has 1 saturated heterocycles. The number of benzene rings is 3. The van der Waals surface area contributed by atoms with E-state index < -0.39 is 11.1 Å². The van der Waals surface area contributed by atoms with E-state index in [9.17, 15) is 19.5 Å². The van der Waals surface area contributed by atoms with Crippen molar-refractivity contribution in [2.45, 2.75) is 33.2 Å². The first kappa shape index (κ1) is 28.4. The Morgan fingerprint density at radius 2 is 1.81 bits per heavy atom. The highest BCUT2D eigenvalue weighted by Gasteiger charge is 2.31. The van der Waals surface area contributed by atoms with Crippen LogP contribution in [0.4, 0.5) is 0 Å². The third-order valence-electron chi connectivity index (χ3n) is 8.17. The van der Waals surface area contributed by atoms with Gasteiger partial charge in [-0.05, 0) is 71.1 Å². The van der Waals surface area contributed by atoms with Gasteiger partial charge in [0.1, 0.15) is 5.75 Å². The lowest BCUT2D eigenvalue weighted by atomic mass is 9.96. The van der Waals surface area contributed by atoms with Crippen LogP contribution in [0.5, 0.6) is 5.75 Å². The van der Waals surface area contributed by atoms with Crippen molar-refractivity contribution in [1.29, 1.82) is 0 Å². The summed E-state index contributed by atoms with van der Waals surface area (Å²) in [7, 11) is 0. The van der Waals surface area contributed by atoms with E-state index in [1.807, 2.05) is 57.2 Å². The number of hydrogen-bond acceptors (Lipinski definition) is 5. The molecule has 9 heteroatoms. The molecule has 0 aliphatic carbocycles. The molecular formula is C34H31ClN4O4. The summed E-state index contributed by atoms with van der Waals surface area (Å²) in [6.45, 7) is 10.6. The van der Waals surface area contributed by atoms with Crippen LogP contribution in [0.2, 0.25) is 5.02 Å². The van der Waals surface area contributed by atoms with Crippen molar-refractivity contribution in [3.05, 3.63) is 110 Å². The number of aromatic hydroxyl groups is 1. The van der Waals surface area contributed by atoms with E-state index >= 15 is 0 Å². The van der Waals surface area contributed by atoms with Crippen LogP contribution < -0.4 is 11.1 Å². The highest BCUT2D eigenvalue weighted by Crippen LogP contribution is 2.39. The van der Waals surface area contributed by atoms with E-state index in [0.29, 0.717) is 51.7 Å². The second kappa shape index (κ2) is 10.9. The normalized spacial score (nSPS) is 13.6. The topological polar surface area (TPSA) is 97.4 Å². The lowest BCUT2D eigenvalue weighted by Gasteiger charge is -2.39. The molecule has 0 atom stereocenters. The van der Waals surface area contributed by atoms with Crippen molar-refractivity contribution in [2.75, 3.05) is 13.1 Å². The van der Waals surface area contributed by atoms with Gasteiger partial charge in [0.15, 0.2) is 0 Å². The Hall–Kier alpha value is -4.69. The minimum atomic E-state index is -0.696. The molecule has 2 aromatic heterocycles. The minimum absolute atomic E-state index is 0.0140. The number of likely N-dealkylation sites (tertiary alicyclic amines) is 1. The molecule has 3 heterocycles. The van der Waals surface area contributed by atoms with Gasteiger partial charge in [0.05, 0.1) is 27.4 Å². The summed E-state index contributed by atoms with van der Waals surface area (Å²) in [4.78, 5) is 46.2. The fourth-order valence-electron chi connectivity index (χ4n) is 6.04. The number of amides is 1. The van der Waals surface area contributed by atoms with Gasteiger partial charge in [-0.1, -0.05) is 56.3 Å². The molecule has 0 saturated carbocycles. The first-order valence-corrected chi connectivity index (χ1v) is 14.5. The van der Waals surface area contributed by atoms with Crippen molar-refractivity contribution in [3.8, 4) is 22.6 Å². The number of phenols is 1. The van der Waals surface area contributed by atoms with Gasteiger partial charge in [-0.15, -0.1) is 0 Å². The predicted molar refractivity (Wildman–Crippen MR) is 170 cm³/mol. The van der Waals surface area contributed by atoms with Crippen molar-refractivity contribution >= 4 is 39.3 Å². The summed E-state index contributed by atoms with van der Waals surface area (Å²) >= 11 is 6.97. The zero-order valence-electron chi connectivity index (χ0n) is 24.2. The Bertz CT molecular complexity index is 2070. The first-order chi connectivity index (χ1) is 20.6. The quantitative estimate of drug-likeness (QED) is 0.198. The number of hydrogen-bond donors (Lipinski definition) is 1. The molecule has 5 aromatic rings. The third-order valence-corrected chi connectivity index (χ3v) is 8.49. The molecule has 8 nitrogen and oxygen atoms in total. The van der Waals surface area contributed by atoms with Crippen LogP contribution in [0.15, 0.2) is 83.0 Å². The molecule has 1 aliphatic heterocycles. The monoisotopic (exact) mass is 594 g/mol. The molecule has 0 unspecified atom stereocenters. The van der Waals surface area contributed by atoms with Crippen LogP contribution in [0.25, 0.3) is 38.6 Å². The van der Waals surface area contributed by atoms with Crippen molar-refractivity contribution in [2.24, 2.45) is 5.92 Å². The minimum Gasteiger partial charge on any atom is -0.508 e. The summed E-state index contributed by atoms with van der Waals surface area (Å²) in [5.41, 5.74) is 2.98. The van der Waals surface area contributed by atoms with Gasteiger partial charge >= 0.3 is 11.1 Å². The summed E-state index contributed by atoms with van der Waals surface area (Å²) < 4.78 is 2.94. The number of nitrogens with zero attached hydrogens (tertiary/aromatic N) is 4. The number of carbonyl (C=O) groups is 1. The number of halogens is 1. The average molecular weight is 595 g/mol. The molecule has 3 aromatic carbocycles. The van der Waals surface area contributed by atoms with Crippen molar-refractivity contribution < 1.29 is 9.90 Å². The Kier molecular flexibility index (Phi) is 7.18. The summed E-state index contributed by atoms with van der Waals surface area (Å²) in [5, 5.41) is 12.7. The maximum absolute atomic E-state index is 14.1. The van der Waals surface area contributed by atoms with Crippen LogP contribution in [-0.2, 0) is 11.3 Å². The second-order valence-corrected chi connectivity index (χ2v) is 11.8. The van der Waals surface area contributed by atoms with E-state index in [1.165, 1.54) is 15.2 Å². The highest BCUT2D eigenvalue weighted by atomic mass is 35.5. The van der Waals surface area contributed by atoms with Crippen LogP contribution in [-0.4, -0.2) is 43.1 Å². The lowest BCUT2D eigenvalue weighted by Crippen LogP contribution is -2.52. The lowest BCUT2D eigenvalue weighted by molar-refractivity contribution is -0.132. The van der Waals surface area contributed by atoms with Gasteiger partial charge in [-0.25, -0.2) is 0 Å². The van der Waals surface area contributed by atoms with E-state index in [-0.39, 0.29) is 30.0 Å². The highest BCUT2D eigenvalue weighted by molar-refractivity contribution is 6.34.